The molecule has 1 aromatic carbocycles. The molecule has 0 aliphatic heterocycles. The van der Waals surface area contributed by atoms with E-state index in [1.54, 1.807) is 12.1 Å². The smallest absolute Gasteiger partial charge is 0.223 e. The molecule has 0 bridgehead atoms. The minimum absolute atomic E-state index is 0. The maximum absolute atomic E-state index is 13.3. The van der Waals surface area contributed by atoms with Gasteiger partial charge in [-0.25, -0.2) is 9.38 Å². The Morgan fingerprint density at radius 3 is 2.63 bits per heavy atom. The second-order valence-electron chi connectivity index (χ2n) is 6.32. The van der Waals surface area contributed by atoms with Crippen LogP contribution in [0, 0.1) is 11.7 Å². The van der Waals surface area contributed by atoms with Gasteiger partial charge in [0.05, 0.1) is 6.54 Å². The van der Waals surface area contributed by atoms with E-state index in [0.717, 1.165) is 25.8 Å². The molecule has 152 valence electrons. The van der Waals surface area contributed by atoms with E-state index < -0.39 is 0 Å². The molecular formula is C19H30FIN4O2. The zero-order chi connectivity index (χ0) is 18.8. The van der Waals surface area contributed by atoms with Crippen molar-refractivity contribution in [2.24, 2.45) is 10.9 Å². The lowest BCUT2D eigenvalue weighted by Crippen LogP contribution is -2.42. The molecule has 1 aromatic rings. The van der Waals surface area contributed by atoms with Crippen molar-refractivity contribution in [2.45, 2.75) is 39.2 Å². The fraction of sp³-hybridized carbons (Fsp3) is 0.579. The fourth-order valence-corrected chi connectivity index (χ4v) is 2.37. The van der Waals surface area contributed by atoms with E-state index >= 15 is 0 Å². The molecule has 1 fully saturated rings. The lowest BCUT2D eigenvalue weighted by atomic mass is 10.2. The summed E-state index contributed by atoms with van der Waals surface area (Å²) >= 11 is 0. The third kappa shape index (κ3) is 9.25. The number of guanidine groups is 1. The van der Waals surface area contributed by atoms with E-state index in [-0.39, 0.29) is 47.7 Å². The van der Waals surface area contributed by atoms with Crippen LogP contribution < -0.4 is 20.7 Å². The van der Waals surface area contributed by atoms with E-state index in [9.17, 15) is 9.18 Å². The Morgan fingerprint density at radius 2 is 2.00 bits per heavy atom. The minimum atomic E-state index is -0.316. The van der Waals surface area contributed by atoms with Gasteiger partial charge < -0.3 is 20.7 Å². The second-order valence-corrected chi connectivity index (χ2v) is 6.32. The number of amides is 1. The summed E-state index contributed by atoms with van der Waals surface area (Å²) in [6.45, 7) is 6.36. The molecule has 0 saturated heterocycles. The van der Waals surface area contributed by atoms with Crippen molar-refractivity contribution in [2.75, 3.05) is 26.2 Å². The van der Waals surface area contributed by atoms with E-state index in [4.69, 9.17) is 4.74 Å². The molecule has 8 heteroatoms. The molecule has 27 heavy (non-hydrogen) atoms. The van der Waals surface area contributed by atoms with Gasteiger partial charge in [0.25, 0.3) is 0 Å². The van der Waals surface area contributed by atoms with Crippen LogP contribution >= 0.6 is 24.0 Å². The topological polar surface area (TPSA) is 74.8 Å². The van der Waals surface area contributed by atoms with E-state index in [1.807, 2.05) is 13.8 Å². The van der Waals surface area contributed by atoms with Crippen molar-refractivity contribution in [1.82, 2.24) is 16.0 Å². The van der Waals surface area contributed by atoms with Crippen molar-refractivity contribution in [3.05, 3.63) is 30.1 Å². The van der Waals surface area contributed by atoms with Crippen molar-refractivity contribution in [3.8, 4) is 5.75 Å². The molecular weight excluding hydrogens is 462 g/mol. The molecule has 0 spiro atoms. The van der Waals surface area contributed by atoms with Gasteiger partial charge in [-0.1, -0.05) is 13.0 Å². The summed E-state index contributed by atoms with van der Waals surface area (Å²) in [5.41, 5.74) is 0. The predicted molar refractivity (Wildman–Crippen MR) is 116 cm³/mol. The maximum Gasteiger partial charge on any atom is 0.223 e. The van der Waals surface area contributed by atoms with E-state index in [0.29, 0.717) is 31.3 Å². The van der Waals surface area contributed by atoms with Crippen LogP contribution in [0.4, 0.5) is 4.39 Å². The molecule has 6 nitrogen and oxygen atoms in total. The van der Waals surface area contributed by atoms with Crippen molar-refractivity contribution >= 4 is 35.8 Å². The third-order valence-electron chi connectivity index (χ3n) is 4.02. The van der Waals surface area contributed by atoms with Gasteiger partial charge in [-0.2, -0.15) is 0 Å². The van der Waals surface area contributed by atoms with Crippen LogP contribution in [0.5, 0.6) is 5.75 Å². The second kappa shape index (κ2) is 12.7. The molecule has 1 unspecified atom stereocenters. The average molecular weight is 492 g/mol. The number of nitrogens with one attached hydrogen (secondary N) is 3. The number of hydrogen-bond donors (Lipinski definition) is 3. The maximum atomic E-state index is 13.3. The van der Waals surface area contributed by atoms with Crippen LogP contribution in [0.1, 0.15) is 33.1 Å². The first-order valence-corrected chi connectivity index (χ1v) is 9.34. The van der Waals surface area contributed by atoms with Crippen molar-refractivity contribution in [3.63, 3.8) is 0 Å². The molecule has 0 aromatic heterocycles. The van der Waals surface area contributed by atoms with Crippen LogP contribution in [0.15, 0.2) is 29.3 Å². The van der Waals surface area contributed by atoms with Crippen molar-refractivity contribution < 1.29 is 13.9 Å². The standard InChI is InChI=1S/C19H29FN4O2.HI/c1-3-16(26-17-7-5-6-15(20)12-17)13-24-19(21-4-2)23-11-10-22-18(25)14-8-9-14;/h5-7,12,14,16H,3-4,8-11,13H2,1-2H3,(H,22,25)(H2,21,23,24);1H. The highest BCUT2D eigenvalue weighted by molar-refractivity contribution is 14.0. The number of halogens is 2. The summed E-state index contributed by atoms with van der Waals surface area (Å²) in [4.78, 5) is 16.1. The number of benzene rings is 1. The van der Waals surface area contributed by atoms with Crippen LogP contribution in [-0.4, -0.2) is 44.1 Å². The predicted octanol–water partition coefficient (Wildman–Crippen LogP) is 2.68. The van der Waals surface area contributed by atoms with E-state index in [2.05, 4.69) is 20.9 Å². The van der Waals surface area contributed by atoms with Crippen LogP contribution in [0.25, 0.3) is 0 Å². The zero-order valence-corrected chi connectivity index (χ0v) is 18.3. The Labute approximate surface area is 177 Å². The molecule has 1 amide bonds. The Morgan fingerprint density at radius 1 is 1.26 bits per heavy atom. The highest BCUT2D eigenvalue weighted by Gasteiger charge is 2.28. The number of aliphatic imine (C=N–C) groups is 1. The van der Waals surface area contributed by atoms with Gasteiger partial charge in [-0.3, -0.25) is 4.79 Å². The van der Waals surface area contributed by atoms with E-state index in [1.165, 1.54) is 12.1 Å². The lowest BCUT2D eigenvalue weighted by molar-refractivity contribution is -0.122. The number of carbonyl (C=O) groups is 1. The number of nitrogens with zero attached hydrogens (tertiary/aromatic N) is 1. The molecule has 1 atom stereocenters. The largest absolute Gasteiger partial charge is 0.488 e. The molecule has 3 N–H and O–H groups in total. The molecule has 1 saturated carbocycles. The van der Waals surface area contributed by atoms with Gasteiger partial charge in [0.1, 0.15) is 17.7 Å². The van der Waals surface area contributed by atoms with Gasteiger partial charge in [0.15, 0.2) is 5.96 Å². The molecule has 0 radical (unpaired) electrons. The molecule has 1 aliphatic rings. The van der Waals surface area contributed by atoms with Gasteiger partial charge >= 0.3 is 0 Å². The summed E-state index contributed by atoms with van der Waals surface area (Å²) in [7, 11) is 0. The Balaban J connectivity index is 0.00000364. The highest BCUT2D eigenvalue weighted by atomic mass is 127. The summed E-state index contributed by atoms with van der Waals surface area (Å²) in [5.74, 6) is 1.23. The van der Waals surface area contributed by atoms with Crippen molar-refractivity contribution in [1.29, 1.82) is 0 Å². The molecule has 2 rings (SSSR count). The summed E-state index contributed by atoms with van der Waals surface area (Å²) in [6, 6.07) is 6.13. The first kappa shape index (κ1) is 23.5. The SMILES string of the molecule is CCNC(=NCC(CC)Oc1cccc(F)c1)NCCNC(=O)C1CC1.I. The highest BCUT2D eigenvalue weighted by Crippen LogP contribution is 2.28. The number of rotatable bonds is 10. The number of carbonyl (C=O) groups excluding carboxylic acids is 1. The fourth-order valence-electron chi connectivity index (χ4n) is 2.37. The molecule has 1 aliphatic carbocycles. The average Bonchev–Trinajstić information content (AvgIpc) is 3.47. The van der Waals surface area contributed by atoms with Gasteiger partial charge in [-0.15, -0.1) is 24.0 Å². The van der Waals surface area contributed by atoms with Gasteiger partial charge in [0, 0.05) is 31.6 Å². The first-order chi connectivity index (χ1) is 12.6. The summed E-state index contributed by atoms with van der Waals surface area (Å²) in [5, 5.41) is 9.28. The van der Waals surface area contributed by atoms with Crippen LogP contribution in [-0.2, 0) is 4.79 Å². The quantitative estimate of drug-likeness (QED) is 0.203. The summed E-state index contributed by atoms with van der Waals surface area (Å²) < 4.78 is 19.1. The normalized spacial score (nSPS) is 14.7. The Kier molecular flexibility index (Phi) is 11.1. The first-order valence-electron chi connectivity index (χ1n) is 9.34. The third-order valence-corrected chi connectivity index (χ3v) is 4.02. The van der Waals surface area contributed by atoms with Crippen LogP contribution in [0.3, 0.4) is 0 Å². The van der Waals surface area contributed by atoms with Gasteiger partial charge in [-0.05, 0) is 38.3 Å². The van der Waals surface area contributed by atoms with Gasteiger partial charge in [0.2, 0.25) is 5.91 Å². The lowest BCUT2D eigenvalue weighted by Gasteiger charge is -2.17. The Hall–Kier alpha value is -1.58. The Bertz CT molecular complexity index is 611. The zero-order valence-electron chi connectivity index (χ0n) is 16.0. The molecule has 0 heterocycles. The van der Waals surface area contributed by atoms with Crippen LogP contribution in [0.2, 0.25) is 0 Å². The number of ether oxygens (including phenoxy) is 1. The minimum Gasteiger partial charge on any atom is -0.488 e. The number of hydrogen-bond acceptors (Lipinski definition) is 3. The monoisotopic (exact) mass is 492 g/mol. The summed E-state index contributed by atoms with van der Waals surface area (Å²) in [6.07, 6.45) is 2.64.